The van der Waals surface area contributed by atoms with Gasteiger partial charge in [-0.15, -0.1) is 0 Å². The van der Waals surface area contributed by atoms with E-state index in [1.165, 1.54) is 0 Å². The van der Waals surface area contributed by atoms with Crippen molar-refractivity contribution in [3.05, 3.63) is 47.5 Å². The third-order valence-corrected chi connectivity index (χ3v) is 3.60. The minimum Gasteiger partial charge on any atom is -0.493 e. The van der Waals surface area contributed by atoms with Gasteiger partial charge in [-0.3, -0.25) is 0 Å². The Morgan fingerprint density at radius 1 is 0.808 bits per heavy atom. The molecule has 26 heavy (non-hydrogen) atoms. The van der Waals surface area contributed by atoms with E-state index in [-0.39, 0.29) is 6.61 Å². The van der Waals surface area contributed by atoms with Crippen molar-refractivity contribution in [2.24, 2.45) is 0 Å². The first-order valence-corrected chi connectivity index (χ1v) is 8.40. The molecule has 0 amide bonds. The summed E-state index contributed by atoms with van der Waals surface area (Å²) in [5, 5.41) is 0. The highest BCUT2D eigenvalue weighted by Gasteiger charge is 2.13. The SMILES string of the molecule is CCOc1ccc(C(=O)OCc2ccc(OC)c(OC)c2)cc1OCC. The zero-order valence-electron chi connectivity index (χ0n) is 15.5. The summed E-state index contributed by atoms with van der Waals surface area (Å²) in [6, 6.07) is 10.4. The van der Waals surface area contributed by atoms with Crippen molar-refractivity contribution in [3.8, 4) is 23.0 Å². The predicted octanol–water partition coefficient (Wildman–Crippen LogP) is 3.86. The maximum Gasteiger partial charge on any atom is 0.338 e. The number of ether oxygens (including phenoxy) is 5. The number of carbonyl (C=O) groups excluding carboxylic acids is 1. The van der Waals surface area contributed by atoms with Crippen LogP contribution in [0.3, 0.4) is 0 Å². The van der Waals surface area contributed by atoms with E-state index in [4.69, 9.17) is 23.7 Å². The van der Waals surface area contributed by atoms with Crippen LogP contribution in [0.25, 0.3) is 0 Å². The first-order valence-electron chi connectivity index (χ1n) is 8.40. The minimum absolute atomic E-state index is 0.121. The summed E-state index contributed by atoms with van der Waals surface area (Å²) in [5.41, 5.74) is 1.20. The van der Waals surface area contributed by atoms with E-state index in [0.717, 1.165) is 5.56 Å². The Labute approximate surface area is 153 Å². The average molecular weight is 360 g/mol. The first-order chi connectivity index (χ1) is 12.6. The lowest BCUT2D eigenvalue weighted by molar-refractivity contribution is 0.0472. The Morgan fingerprint density at radius 3 is 2.12 bits per heavy atom. The number of methoxy groups -OCH3 is 2. The molecule has 0 atom stereocenters. The molecule has 0 spiro atoms. The molecule has 0 aliphatic rings. The Bertz CT molecular complexity index is 741. The van der Waals surface area contributed by atoms with Gasteiger partial charge in [-0.05, 0) is 49.7 Å². The Balaban J connectivity index is 2.09. The second kappa shape index (κ2) is 9.56. The maximum atomic E-state index is 12.3. The Kier molecular flexibility index (Phi) is 7.14. The molecule has 2 rings (SSSR count). The van der Waals surface area contributed by atoms with Gasteiger partial charge < -0.3 is 23.7 Å². The zero-order valence-corrected chi connectivity index (χ0v) is 15.5. The Hall–Kier alpha value is -2.89. The fourth-order valence-electron chi connectivity index (χ4n) is 2.38. The normalized spacial score (nSPS) is 10.2. The lowest BCUT2D eigenvalue weighted by atomic mass is 10.2. The molecule has 140 valence electrons. The van der Waals surface area contributed by atoms with Crippen molar-refractivity contribution in [1.29, 1.82) is 0 Å². The molecule has 0 heterocycles. The van der Waals surface area contributed by atoms with Gasteiger partial charge in [0.1, 0.15) is 6.61 Å². The van der Waals surface area contributed by atoms with Gasteiger partial charge in [0.25, 0.3) is 0 Å². The molecule has 0 unspecified atom stereocenters. The van der Waals surface area contributed by atoms with E-state index in [9.17, 15) is 4.79 Å². The van der Waals surface area contributed by atoms with E-state index in [1.807, 2.05) is 19.9 Å². The number of esters is 1. The second-order valence-corrected chi connectivity index (χ2v) is 5.29. The molecule has 6 nitrogen and oxygen atoms in total. The fourth-order valence-corrected chi connectivity index (χ4v) is 2.38. The van der Waals surface area contributed by atoms with Crippen molar-refractivity contribution < 1.29 is 28.5 Å². The summed E-state index contributed by atoms with van der Waals surface area (Å²) >= 11 is 0. The van der Waals surface area contributed by atoms with Crippen LogP contribution in [0.15, 0.2) is 36.4 Å². The van der Waals surface area contributed by atoms with Crippen molar-refractivity contribution in [3.63, 3.8) is 0 Å². The molecule has 0 radical (unpaired) electrons. The zero-order chi connectivity index (χ0) is 18.9. The number of benzene rings is 2. The largest absolute Gasteiger partial charge is 0.493 e. The summed E-state index contributed by atoms with van der Waals surface area (Å²) in [6.07, 6.45) is 0. The van der Waals surface area contributed by atoms with Crippen LogP contribution in [-0.4, -0.2) is 33.4 Å². The molecule has 2 aromatic carbocycles. The molecular formula is C20H24O6. The van der Waals surface area contributed by atoms with Gasteiger partial charge in [0.15, 0.2) is 23.0 Å². The van der Waals surface area contributed by atoms with E-state index in [1.54, 1.807) is 44.6 Å². The van der Waals surface area contributed by atoms with E-state index in [0.29, 0.717) is 41.8 Å². The van der Waals surface area contributed by atoms with Crippen LogP contribution in [0.2, 0.25) is 0 Å². The van der Waals surface area contributed by atoms with Crippen LogP contribution < -0.4 is 18.9 Å². The van der Waals surface area contributed by atoms with Gasteiger partial charge in [-0.1, -0.05) is 6.07 Å². The summed E-state index contributed by atoms with van der Waals surface area (Å²) < 4.78 is 26.9. The van der Waals surface area contributed by atoms with Crippen LogP contribution in [0.1, 0.15) is 29.8 Å². The first kappa shape index (κ1) is 19.4. The quantitative estimate of drug-likeness (QED) is 0.633. The van der Waals surface area contributed by atoms with Crippen molar-refractivity contribution in [2.45, 2.75) is 20.5 Å². The van der Waals surface area contributed by atoms with Crippen LogP contribution >= 0.6 is 0 Å². The summed E-state index contributed by atoms with van der Waals surface area (Å²) in [4.78, 5) is 12.3. The summed E-state index contributed by atoms with van der Waals surface area (Å²) in [5.74, 6) is 1.89. The third kappa shape index (κ3) is 4.81. The molecule has 0 aromatic heterocycles. The second-order valence-electron chi connectivity index (χ2n) is 5.29. The molecule has 0 N–H and O–H groups in total. The molecule has 0 aliphatic carbocycles. The highest BCUT2D eigenvalue weighted by atomic mass is 16.5. The number of carbonyl (C=O) groups is 1. The van der Waals surface area contributed by atoms with Crippen molar-refractivity contribution >= 4 is 5.97 Å². The molecule has 0 fully saturated rings. The molecule has 0 saturated carbocycles. The lowest BCUT2D eigenvalue weighted by Crippen LogP contribution is -2.07. The number of hydrogen-bond donors (Lipinski definition) is 0. The van der Waals surface area contributed by atoms with Gasteiger partial charge in [0, 0.05) is 0 Å². The average Bonchev–Trinajstić information content (AvgIpc) is 2.67. The van der Waals surface area contributed by atoms with E-state index >= 15 is 0 Å². The molecular weight excluding hydrogens is 336 g/mol. The topological polar surface area (TPSA) is 63.2 Å². The summed E-state index contributed by atoms with van der Waals surface area (Å²) in [7, 11) is 3.13. The smallest absolute Gasteiger partial charge is 0.338 e. The molecule has 2 aromatic rings. The van der Waals surface area contributed by atoms with Crippen molar-refractivity contribution in [2.75, 3.05) is 27.4 Å². The van der Waals surface area contributed by atoms with Crippen LogP contribution in [0.5, 0.6) is 23.0 Å². The lowest BCUT2D eigenvalue weighted by Gasteiger charge is -2.13. The Morgan fingerprint density at radius 2 is 1.46 bits per heavy atom. The maximum absolute atomic E-state index is 12.3. The van der Waals surface area contributed by atoms with Gasteiger partial charge in [-0.2, -0.15) is 0 Å². The van der Waals surface area contributed by atoms with Gasteiger partial charge in [-0.25, -0.2) is 4.79 Å². The highest BCUT2D eigenvalue weighted by Crippen LogP contribution is 2.30. The standard InChI is InChI=1S/C20H24O6/c1-5-24-17-10-8-15(12-19(17)25-6-2)20(21)26-13-14-7-9-16(22-3)18(11-14)23-4/h7-12H,5-6,13H2,1-4H3. The number of rotatable bonds is 9. The molecule has 0 aliphatic heterocycles. The van der Waals surface area contributed by atoms with E-state index < -0.39 is 5.97 Å². The third-order valence-electron chi connectivity index (χ3n) is 3.60. The fraction of sp³-hybridized carbons (Fsp3) is 0.350. The monoisotopic (exact) mass is 360 g/mol. The van der Waals surface area contributed by atoms with Crippen LogP contribution in [0, 0.1) is 0 Å². The highest BCUT2D eigenvalue weighted by molar-refractivity contribution is 5.90. The predicted molar refractivity (Wildman–Crippen MR) is 97.4 cm³/mol. The summed E-state index contributed by atoms with van der Waals surface area (Å²) in [6.45, 7) is 4.88. The number of hydrogen-bond acceptors (Lipinski definition) is 6. The van der Waals surface area contributed by atoms with E-state index in [2.05, 4.69) is 0 Å². The molecule has 0 saturated heterocycles. The molecule has 6 heteroatoms. The molecule has 0 bridgehead atoms. The van der Waals surface area contributed by atoms with Gasteiger partial charge >= 0.3 is 5.97 Å². The van der Waals surface area contributed by atoms with Crippen molar-refractivity contribution in [1.82, 2.24) is 0 Å². The van der Waals surface area contributed by atoms with Crippen LogP contribution in [-0.2, 0) is 11.3 Å². The van der Waals surface area contributed by atoms with Crippen LogP contribution in [0.4, 0.5) is 0 Å². The minimum atomic E-state index is -0.441. The van der Waals surface area contributed by atoms with Gasteiger partial charge in [0.2, 0.25) is 0 Å². The van der Waals surface area contributed by atoms with Gasteiger partial charge in [0.05, 0.1) is 33.0 Å².